The third-order valence-corrected chi connectivity index (χ3v) is 29.1. The highest BCUT2D eigenvalue weighted by atomic mass is 28.4. The zero-order chi connectivity index (χ0) is 39.2. The first-order valence-corrected chi connectivity index (χ1v) is 29.7. The minimum Gasteiger partial charge on any atom is -0.414 e. The molecule has 6 atom stereocenters. The van der Waals surface area contributed by atoms with Crippen molar-refractivity contribution in [1.29, 1.82) is 0 Å². The van der Waals surface area contributed by atoms with E-state index in [9.17, 15) is 0 Å². The molecule has 0 amide bonds. The Kier molecular flexibility index (Phi) is 13.9. The summed E-state index contributed by atoms with van der Waals surface area (Å²) in [7, 11) is -5.77. The maximum Gasteiger partial charge on any atom is 0.192 e. The Morgan fingerprint density at radius 2 is 1.33 bits per heavy atom. The molecule has 3 nitrogen and oxygen atoms in total. The first-order valence-electron chi connectivity index (χ1n) is 21.0. The lowest BCUT2D eigenvalue weighted by atomic mass is 9.60. The number of rotatable bonds is 12. The molecule has 0 aromatic heterocycles. The summed E-state index contributed by atoms with van der Waals surface area (Å²) >= 11 is 0. The molecule has 0 bridgehead atoms. The van der Waals surface area contributed by atoms with Crippen LogP contribution in [0.2, 0.25) is 54.4 Å². The van der Waals surface area contributed by atoms with Gasteiger partial charge in [0.25, 0.3) is 0 Å². The summed E-state index contributed by atoms with van der Waals surface area (Å²) < 4.78 is 21.5. The summed E-state index contributed by atoms with van der Waals surface area (Å²) in [6, 6.07) is 0. The van der Waals surface area contributed by atoms with Gasteiger partial charge >= 0.3 is 0 Å². The van der Waals surface area contributed by atoms with Crippen LogP contribution >= 0.6 is 0 Å². The van der Waals surface area contributed by atoms with Gasteiger partial charge in [0.15, 0.2) is 25.0 Å². The van der Waals surface area contributed by atoms with Crippen molar-refractivity contribution in [2.45, 2.75) is 226 Å². The lowest BCUT2D eigenvalue weighted by Crippen LogP contribution is -2.56. The van der Waals surface area contributed by atoms with Crippen LogP contribution in [0.25, 0.3) is 0 Å². The Morgan fingerprint density at radius 1 is 0.765 bits per heavy atom. The highest BCUT2D eigenvalue weighted by molar-refractivity contribution is 6.75. The van der Waals surface area contributed by atoms with E-state index in [0.717, 1.165) is 31.6 Å². The van der Waals surface area contributed by atoms with E-state index in [2.05, 4.69) is 148 Å². The standard InChI is InChI=1S/C45H86O3Si3/c1-33-23-27-37(46-49(15,16)41(3,4)5)32-36(33)26-25-35-22-21-31-45(14)38(28-29-39(35)45)34(2)24-30-40(47-50(17,18)42(6,7)8)44(12,13)48-51(19,20)43(9,10)11/h25-26,34,37-40H,1,21-24,27-32H2,2-20H3/b35-25?,36-26-/t34-,37+,38-,39?,40?,45-/m1/s1. The Bertz CT molecular complexity index is 1270. The first-order chi connectivity index (χ1) is 22.8. The van der Waals surface area contributed by atoms with Crippen molar-refractivity contribution < 1.29 is 13.3 Å². The topological polar surface area (TPSA) is 27.7 Å². The fourth-order valence-corrected chi connectivity index (χ4v) is 13.5. The van der Waals surface area contributed by atoms with Crippen LogP contribution in [0.15, 0.2) is 35.5 Å². The van der Waals surface area contributed by atoms with Crippen LogP contribution < -0.4 is 0 Å². The smallest absolute Gasteiger partial charge is 0.192 e. The third kappa shape index (κ3) is 10.5. The van der Waals surface area contributed by atoms with E-state index in [4.69, 9.17) is 13.3 Å². The van der Waals surface area contributed by atoms with Gasteiger partial charge in [0, 0.05) is 6.10 Å². The molecule has 2 unspecified atom stereocenters. The highest BCUT2D eigenvalue weighted by Gasteiger charge is 2.52. The maximum absolute atomic E-state index is 7.34. The van der Waals surface area contributed by atoms with Crippen molar-refractivity contribution >= 4 is 25.0 Å². The van der Waals surface area contributed by atoms with Crippen LogP contribution in [0.4, 0.5) is 0 Å². The molecule has 296 valence electrons. The van der Waals surface area contributed by atoms with Gasteiger partial charge in [-0.15, -0.1) is 0 Å². The molecule has 3 fully saturated rings. The van der Waals surface area contributed by atoms with E-state index >= 15 is 0 Å². The quantitative estimate of drug-likeness (QED) is 0.186. The summed E-state index contributed by atoms with van der Waals surface area (Å²) in [5, 5.41) is 0.571. The van der Waals surface area contributed by atoms with Crippen molar-refractivity contribution in [3.05, 3.63) is 35.5 Å². The SMILES string of the molecule is C=C1CC[C@H](O[Si](C)(C)C(C)(C)C)C/C1=C/C=C1CCC[C@@]2(C)C1CC[C@@H]2[C@H](C)CCC(O[Si](C)(C)C(C)(C)C)C(C)(C)O[Si](C)(C)C(C)(C)C. The molecule has 3 rings (SSSR count). The van der Waals surface area contributed by atoms with Crippen molar-refractivity contribution in [3.63, 3.8) is 0 Å². The zero-order valence-electron chi connectivity index (χ0n) is 37.5. The van der Waals surface area contributed by atoms with E-state index in [0.29, 0.717) is 23.4 Å². The molecule has 0 N–H and O–H groups in total. The van der Waals surface area contributed by atoms with E-state index in [1.54, 1.807) is 5.57 Å². The fraction of sp³-hybridized carbons (Fsp3) is 0.867. The van der Waals surface area contributed by atoms with Gasteiger partial charge in [0.2, 0.25) is 0 Å². The normalized spacial score (nSPS) is 29.1. The third-order valence-electron chi connectivity index (χ3n) is 15.4. The van der Waals surface area contributed by atoms with Crippen molar-refractivity contribution in [3.8, 4) is 0 Å². The molecule has 3 aliphatic carbocycles. The summed E-state index contributed by atoms with van der Waals surface area (Å²) in [5.74, 6) is 2.12. The Morgan fingerprint density at radius 3 is 1.88 bits per heavy atom. The predicted molar refractivity (Wildman–Crippen MR) is 232 cm³/mol. The van der Waals surface area contributed by atoms with Crippen molar-refractivity contribution in [2.24, 2.45) is 23.2 Å². The van der Waals surface area contributed by atoms with Crippen LogP contribution in [0.1, 0.15) is 154 Å². The molecule has 3 saturated carbocycles. The van der Waals surface area contributed by atoms with Gasteiger partial charge in [-0.25, -0.2) is 0 Å². The summed E-state index contributed by atoms with van der Waals surface area (Å²) in [6.07, 6.45) is 17.5. The van der Waals surface area contributed by atoms with Crippen LogP contribution in [-0.4, -0.2) is 42.8 Å². The van der Waals surface area contributed by atoms with Gasteiger partial charge in [-0.2, -0.15) is 0 Å². The summed E-state index contributed by atoms with van der Waals surface area (Å²) in [5.41, 5.74) is 4.51. The monoisotopic (exact) mass is 759 g/mol. The second-order valence-corrected chi connectivity index (χ2v) is 37.0. The van der Waals surface area contributed by atoms with Gasteiger partial charge in [0.05, 0.1) is 11.7 Å². The number of allylic oxidation sites excluding steroid dienone is 4. The molecular formula is C45H86O3Si3. The molecule has 6 heteroatoms. The average Bonchev–Trinajstić information content (AvgIpc) is 3.30. The van der Waals surface area contributed by atoms with Gasteiger partial charge in [-0.05, 0) is 161 Å². The molecule has 51 heavy (non-hydrogen) atoms. The van der Waals surface area contributed by atoms with E-state index < -0.39 is 25.0 Å². The lowest BCUT2D eigenvalue weighted by molar-refractivity contribution is -0.0386. The molecule has 0 radical (unpaired) electrons. The van der Waals surface area contributed by atoms with Crippen molar-refractivity contribution in [2.75, 3.05) is 0 Å². The number of fused-ring (bicyclic) bond motifs is 1. The zero-order valence-corrected chi connectivity index (χ0v) is 40.5. The molecule has 0 aromatic rings. The lowest BCUT2D eigenvalue weighted by Gasteiger charge is -2.49. The molecule has 0 aromatic carbocycles. The van der Waals surface area contributed by atoms with Crippen LogP contribution in [-0.2, 0) is 13.3 Å². The minimum absolute atomic E-state index is 0.0986. The predicted octanol–water partition coefficient (Wildman–Crippen LogP) is 14.8. The van der Waals surface area contributed by atoms with E-state index in [1.165, 1.54) is 49.7 Å². The fourth-order valence-electron chi connectivity index (χ4n) is 8.86. The number of hydrogen-bond donors (Lipinski definition) is 0. The second kappa shape index (κ2) is 15.7. The van der Waals surface area contributed by atoms with Gasteiger partial charge in [0.1, 0.15) is 0 Å². The molecule has 0 heterocycles. The molecule has 0 spiro atoms. The Balaban J connectivity index is 1.79. The average molecular weight is 759 g/mol. The second-order valence-electron chi connectivity index (χ2n) is 22.8. The molecular weight excluding hydrogens is 673 g/mol. The number of hydrogen-bond acceptors (Lipinski definition) is 3. The molecule has 0 saturated heterocycles. The van der Waals surface area contributed by atoms with Crippen LogP contribution in [0.5, 0.6) is 0 Å². The molecule has 3 aliphatic rings. The van der Waals surface area contributed by atoms with Gasteiger partial charge < -0.3 is 13.3 Å². The van der Waals surface area contributed by atoms with Crippen molar-refractivity contribution in [1.82, 2.24) is 0 Å². The molecule has 0 aliphatic heterocycles. The summed E-state index contributed by atoms with van der Waals surface area (Å²) in [6.45, 7) is 50.1. The first kappa shape index (κ1) is 45.1. The van der Waals surface area contributed by atoms with Gasteiger partial charge in [-0.3, -0.25) is 0 Å². The Hall–Kier alpha value is -0.249. The van der Waals surface area contributed by atoms with Crippen LogP contribution in [0, 0.1) is 23.2 Å². The largest absolute Gasteiger partial charge is 0.414 e. The Labute approximate surface area is 322 Å². The highest BCUT2D eigenvalue weighted by Crippen LogP contribution is 2.60. The van der Waals surface area contributed by atoms with Gasteiger partial charge in [-0.1, -0.05) is 106 Å². The van der Waals surface area contributed by atoms with Crippen LogP contribution in [0.3, 0.4) is 0 Å². The minimum atomic E-state index is -2.00. The summed E-state index contributed by atoms with van der Waals surface area (Å²) in [4.78, 5) is 0. The van der Waals surface area contributed by atoms with E-state index in [1.807, 2.05) is 0 Å². The van der Waals surface area contributed by atoms with E-state index in [-0.39, 0.29) is 26.8 Å². The maximum atomic E-state index is 7.34.